The summed E-state index contributed by atoms with van der Waals surface area (Å²) in [4.78, 5) is 9.74. The van der Waals surface area contributed by atoms with Crippen molar-refractivity contribution in [1.29, 1.82) is 0 Å². The molecule has 0 radical (unpaired) electrons. The number of nitrogens with zero attached hydrogens (tertiary/aromatic N) is 3. The SMILES string of the molecule is Cc1nn(-c2ccc([N+](=O)[O-])cc2)c(Cl)c1S(=O)(=O)Cl. The quantitative estimate of drug-likeness (QED) is 0.488. The normalized spacial score (nSPS) is 11.6. The largest absolute Gasteiger partial charge is 0.269 e. The molecule has 0 N–H and O–H groups in total. The van der Waals surface area contributed by atoms with Crippen LogP contribution >= 0.6 is 22.3 Å². The van der Waals surface area contributed by atoms with Gasteiger partial charge in [0.2, 0.25) is 0 Å². The van der Waals surface area contributed by atoms with Crippen molar-refractivity contribution in [2.45, 2.75) is 11.8 Å². The first-order valence-electron chi connectivity index (χ1n) is 5.16. The van der Waals surface area contributed by atoms with E-state index in [0.717, 1.165) is 4.68 Å². The van der Waals surface area contributed by atoms with Crippen LogP contribution in [0.2, 0.25) is 5.15 Å². The molecule has 0 spiro atoms. The number of nitro benzene ring substituents is 1. The summed E-state index contributed by atoms with van der Waals surface area (Å²) in [7, 11) is 1.26. The zero-order chi connectivity index (χ0) is 15.1. The van der Waals surface area contributed by atoms with Gasteiger partial charge < -0.3 is 0 Å². The van der Waals surface area contributed by atoms with Crippen molar-refractivity contribution in [2.24, 2.45) is 0 Å². The minimum atomic E-state index is -4.02. The van der Waals surface area contributed by atoms with E-state index >= 15 is 0 Å². The summed E-state index contributed by atoms with van der Waals surface area (Å²) in [5.41, 5.74) is 0.428. The Morgan fingerprint density at radius 2 is 1.85 bits per heavy atom. The summed E-state index contributed by atoms with van der Waals surface area (Å²) in [5, 5.41) is 14.4. The topological polar surface area (TPSA) is 95.1 Å². The van der Waals surface area contributed by atoms with Crippen LogP contribution in [0.5, 0.6) is 0 Å². The summed E-state index contributed by atoms with van der Waals surface area (Å²) in [5.74, 6) is 0. The molecule has 1 heterocycles. The molecule has 0 aliphatic rings. The number of benzene rings is 1. The average Bonchev–Trinajstić information content (AvgIpc) is 2.64. The van der Waals surface area contributed by atoms with Crippen LogP contribution in [-0.4, -0.2) is 23.1 Å². The Hall–Kier alpha value is -1.64. The fourth-order valence-corrected chi connectivity index (χ4v) is 3.58. The van der Waals surface area contributed by atoms with E-state index in [0.29, 0.717) is 5.69 Å². The number of aromatic nitrogens is 2. The highest BCUT2D eigenvalue weighted by molar-refractivity contribution is 8.13. The van der Waals surface area contributed by atoms with Crippen molar-refractivity contribution < 1.29 is 13.3 Å². The Balaban J connectivity index is 2.57. The molecule has 0 amide bonds. The minimum absolute atomic E-state index is 0.0982. The van der Waals surface area contributed by atoms with Crippen LogP contribution in [0.4, 0.5) is 5.69 Å². The van der Waals surface area contributed by atoms with Crippen LogP contribution < -0.4 is 0 Å². The van der Waals surface area contributed by atoms with Crippen LogP contribution in [0.15, 0.2) is 29.2 Å². The summed E-state index contributed by atoms with van der Waals surface area (Å²) in [6, 6.07) is 5.33. The van der Waals surface area contributed by atoms with E-state index in [4.69, 9.17) is 22.3 Å². The molecule has 106 valence electrons. The van der Waals surface area contributed by atoms with Gasteiger partial charge in [0, 0.05) is 22.8 Å². The molecule has 2 aromatic rings. The molecule has 0 fully saturated rings. The third-order valence-electron chi connectivity index (χ3n) is 2.50. The first kappa shape index (κ1) is 14.8. The van der Waals surface area contributed by atoms with E-state index in [1.54, 1.807) is 0 Å². The first-order valence-corrected chi connectivity index (χ1v) is 7.85. The first-order chi connectivity index (χ1) is 9.21. The zero-order valence-electron chi connectivity index (χ0n) is 9.95. The highest BCUT2D eigenvalue weighted by Gasteiger charge is 2.24. The third-order valence-corrected chi connectivity index (χ3v) is 4.40. The Kier molecular flexibility index (Phi) is 3.72. The molecular formula is C10H7Cl2N3O4S. The lowest BCUT2D eigenvalue weighted by atomic mass is 10.3. The fourth-order valence-electron chi connectivity index (χ4n) is 1.65. The number of rotatable bonds is 3. The van der Waals surface area contributed by atoms with Gasteiger partial charge in [0.15, 0.2) is 5.15 Å². The van der Waals surface area contributed by atoms with Crippen molar-refractivity contribution in [3.8, 4) is 5.69 Å². The third kappa shape index (κ3) is 2.62. The summed E-state index contributed by atoms with van der Waals surface area (Å²) >= 11 is 5.95. The average molecular weight is 336 g/mol. The number of nitro groups is 1. The lowest BCUT2D eigenvalue weighted by molar-refractivity contribution is -0.384. The zero-order valence-corrected chi connectivity index (χ0v) is 12.3. The second-order valence-corrected chi connectivity index (χ2v) is 6.69. The van der Waals surface area contributed by atoms with Crippen molar-refractivity contribution in [3.63, 3.8) is 0 Å². The van der Waals surface area contributed by atoms with Crippen LogP contribution in [0.1, 0.15) is 5.69 Å². The van der Waals surface area contributed by atoms with E-state index < -0.39 is 14.0 Å². The van der Waals surface area contributed by atoms with Gasteiger partial charge in [-0.05, 0) is 19.1 Å². The summed E-state index contributed by atoms with van der Waals surface area (Å²) < 4.78 is 24.0. The smallest absolute Gasteiger partial charge is 0.258 e. The molecule has 0 bridgehead atoms. The molecular weight excluding hydrogens is 329 g/mol. The van der Waals surface area contributed by atoms with Gasteiger partial charge in [-0.1, -0.05) is 11.6 Å². The van der Waals surface area contributed by atoms with E-state index in [1.807, 2.05) is 0 Å². The monoisotopic (exact) mass is 335 g/mol. The Labute approximate surface area is 123 Å². The van der Waals surface area contributed by atoms with Gasteiger partial charge >= 0.3 is 0 Å². The van der Waals surface area contributed by atoms with Gasteiger partial charge in [-0.15, -0.1) is 0 Å². The highest BCUT2D eigenvalue weighted by Crippen LogP contribution is 2.30. The molecule has 0 saturated carbocycles. The standard InChI is InChI=1S/C10H7Cl2N3O4S/c1-6-9(20(12,18)19)10(11)14(13-6)7-2-4-8(5-3-7)15(16)17/h2-5H,1H3. The lowest BCUT2D eigenvalue weighted by Gasteiger charge is -2.02. The van der Waals surface area contributed by atoms with Crippen LogP contribution in [0, 0.1) is 17.0 Å². The van der Waals surface area contributed by atoms with Gasteiger partial charge in [0.05, 0.1) is 16.3 Å². The molecule has 0 saturated heterocycles. The molecule has 7 nitrogen and oxygen atoms in total. The van der Waals surface area contributed by atoms with E-state index in [9.17, 15) is 18.5 Å². The van der Waals surface area contributed by atoms with Gasteiger partial charge in [-0.25, -0.2) is 13.1 Å². The van der Waals surface area contributed by atoms with E-state index in [-0.39, 0.29) is 21.4 Å². The maximum absolute atomic E-state index is 11.4. The maximum atomic E-state index is 11.4. The maximum Gasteiger partial charge on any atom is 0.269 e. The van der Waals surface area contributed by atoms with Crippen LogP contribution in [0.3, 0.4) is 0 Å². The number of hydrogen-bond donors (Lipinski definition) is 0. The Morgan fingerprint density at radius 1 is 1.30 bits per heavy atom. The predicted molar refractivity (Wildman–Crippen MR) is 73.0 cm³/mol. The van der Waals surface area contributed by atoms with Gasteiger partial charge in [-0.3, -0.25) is 10.1 Å². The molecule has 2 rings (SSSR count). The second kappa shape index (κ2) is 5.04. The van der Waals surface area contributed by atoms with Crippen LogP contribution in [-0.2, 0) is 9.05 Å². The Bertz CT molecular complexity index is 784. The highest BCUT2D eigenvalue weighted by atomic mass is 35.7. The van der Waals surface area contributed by atoms with E-state index in [1.165, 1.54) is 31.2 Å². The number of halogens is 2. The predicted octanol–water partition coefficient (Wildman–Crippen LogP) is 2.67. The minimum Gasteiger partial charge on any atom is -0.258 e. The number of aryl methyl sites for hydroxylation is 1. The molecule has 10 heteroatoms. The van der Waals surface area contributed by atoms with Crippen molar-refractivity contribution >= 4 is 37.0 Å². The van der Waals surface area contributed by atoms with Gasteiger partial charge in [0.1, 0.15) is 4.90 Å². The van der Waals surface area contributed by atoms with E-state index in [2.05, 4.69) is 5.10 Å². The molecule has 0 unspecified atom stereocenters. The molecule has 1 aromatic carbocycles. The van der Waals surface area contributed by atoms with Crippen LogP contribution in [0.25, 0.3) is 5.69 Å². The van der Waals surface area contributed by atoms with Crippen molar-refractivity contribution in [1.82, 2.24) is 9.78 Å². The second-order valence-electron chi connectivity index (χ2n) is 3.83. The van der Waals surface area contributed by atoms with Gasteiger partial charge in [-0.2, -0.15) is 5.10 Å². The molecule has 0 atom stereocenters. The molecule has 0 aliphatic heterocycles. The van der Waals surface area contributed by atoms with Crippen molar-refractivity contribution in [2.75, 3.05) is 0 Å². The fraction of sp³-hybridized carbons (Fsp3) is 0.100. The Morgan fingerprint density at radius 3 is 2.25 bits per heavy atom. The van der Waals surface area contributed by atoms with Gasteiger partial charge in [0.25, 0.3) is 14.7 Å². The summed E-state index contributed by atoms with van der Waals surface area (Å²) in [6.07, 6.45) is 0. The molecule has 20 heavy (non-hydrogen) atoms. The van der Waals surface area contributed by atoms with Crippen molar-refractivity contribution in [3.05, 3.63) is 45.2 Å². The summed E-state index contributed by atoms with van der Waals surface area (Å²) in [6.45, 7) is 1.45. The molecule has 1 aromatic heterocycles. The lowest BCUT2D eigenvalue weighted by Crippen LogP contribution is -1.98. The molecule has 0 aliphatic carbocycles. The number of hydrogen-bond acceptors (Lipinski definition) is 5. The number of non-ortho nitro benzene ring substituents is 1.